The van der Waals surface area contributed by atoms with Crippen molar-refractivity contribution in [2.24, 2.45) is 4.99 Å². The van der Waals surface area contributed by atoms with Crippen molar-refractivity contribution >= 4 is 21.7 Å². The molecule has 2 aliphatic heterocycles. The van der Waals surface area contributed by atoms with Gasteiger partial charge in [-0.3, -0.25) is 9.79 Å². The summed E-state index contributed by atoms with van der Waals surface area (Å²) < 4.78 is 23.5. The van der Waals surface area contributed by atoms with Crippen molar-refractivity contribution in [2.45, 2.75) is 44.8 Å². The van der Waals surface area contributed by atoms with Crippen molar-refractivity contribution in [3.8, 4) is 0 Å². The van der Waals surface area contributed by atoms with Crippen molar-refractivity contribution in [2.75, 3.05) is 45.0 Å². The van der Waals surface area contributed by atoms with Crippen LogP contribution in [0.2, 0.25) is 0 Å². The van der Waals surface area contributed by atoms with E-state index in [0.29, 0.717) is 38.6 Å². The molecule has 0 aliphatic carbocycles. The molecule has 0 aromatic heterocycles. The highest BCUT2D eigenvalue weighted by Gasteiger charge is 2.40. The first-order valence-corrected chi connectivity index (χ1v) is 10.5. The number of hydrogen-bond donors (Lipinski definition) is 1. The van der Waals surface area contributed by atoms with E-state index in [-0.39, 0.29) is 11.7 Å². The zero-order valence-corrected chi connectivity index (χ0v) is 15.9. The Morgan fingerprint density at radius 2 is 1.83 bits per heavy atom. The molecule has 0 unspecified atom stereocenters. The lowest BCUT2D eigenvalue weighted by atomic mass is 10.2. The van der Waals surface area contributed by atoms with Crippen LogP contribution in [0.1, 0.15) is 40.0 Å². The molecule has 1 N–H and O–H groups in total. The highest BCUT2D eigenvalue weighted by Crippen LogP contribution is 2.23. The van der Waals surface area contributed by atoms with Crippen LogP contribution in [0.5, 0.6) is 0 Å². The number of amides is 1. The van der Waals surface area contributed by atoms with Gasteiger partial charge in [-0.2, -0.15) is 0 Å². The molecule has 2 aliphatic rings. The number of rotatable bonds is 4. The molecule has 24 heavy (non-hydrogen) atoms. The third-order valence-corrected chi connectivity index (χ3v) is 7.26. The number of hydrogen-bond acceptors (Lipinski definition) is 4. The van der Waals surface area contributed by atoms with Crippen LogP contribution in [0.4, 0.5) is 0 Å². The Bertz CT molecular complexity index is 580. The number of nitrogens with one attached hydrogen (secondary N) is 1. The number of sulfone groups is 1. The van der Waals surface area contributed by atoms with Gasteiger partial charge >= 0.3 is 0 Å². The molecular weight excluding hydrogens is 328 g/mol. The molecule has 138 valence electrons. The van der Waals surface area contributed by atoms with Gasteiger partial charge in [-0.15, -0.1) is 0 Å². The van der Waals surface area contributed by atoms with E-state index in [1.54, 1.807) is 13.8 Å². The minimum atomic E-state index is -3.07. The van der Waals surface area contributed by atoms with Crippen LogP contribution in [0.25, 0.3) is 0 Å². The maximum Gasteiger partial charge on any atom is 0.224 e. The molecule has 0 bridgehead atoms. The summed E-state index contributed by atoms with van der Waals surface area (Å²) in [6.07, 6.45) is 2.59. The average molecular weight is 359 g/mol. The third kappa shape index (κ3) is 4.40. The topological polar surface area (TPSA) is 82.1 Å². The van der Waals surface area contributed by atoms with Crippen LogP contribution in [0.15, 0.2) is 4.99 Å². The molecule has 0 atom stereocenters. The lowest BCUT2D eigenvalue weighted by Gasteiger charge is -2.39. The van der Waals surface area contributed by atoms with E-state index in [9.17, 15) is 13.2 Å². The lowest BCUT2D eigenvalue weighted by Crippen LogP contribution is -2.57. The summed E-state index contributed by atoms with van der Waals surface area (Å²) in [7, 11) is -3.07. The quantitative estimate of drug-likeness (QED) is 0.584. The summed E-state index contributed by atoms with van der Waals surface area (Å²) in [5, 5.41) is 3.22. The molecule has 2 heterocycles. The zero-order valence-electron chi connectivity index (χ0n) is 15.0. The normalized spacial score (nSPS) is 23.4. The number of carbonyl (C=O) groups is 1. The summed E-state index contributed by atoms with van der Waals surface area (Å²) in [6, 6.07) is 0. The van der Waals surface area contributed by atoms with Crippen LogP contribution >= 0.6 is 0 Å². The standard InChI is InChI=1S/C16H30N4O3S/c1-4-17-15(18-8-7-14(21)19-9-5-6-10-19)20-11-12-24(22,23)16(2,3)13-20/h4-13H2,1-3H3,(H,17,18). The molecule has 8 heteroatoms. The second-order valence-corrected chi connectivity index (χ2v) is 9.82. The molecular formula is C16H30N4O3S. The SMILES string of the molecule is CCNC(=NCCC(=O)N1CCCC1)N1CCS(=O)(=O)C(C)(C)C1. The maximum absolute atomic E-state index is 12.1. The lowest BCUT2D eigenvalue weighted by molar-refractivity contribution is -0.129. The fraction of sp³-hybridized carbons (Fsp3) is 0.875. The van der Waals surface area contributed by atoms with Gasteiger partial charge < -0.3 is 15.1 Å². The zero-order chi connectivity index (χ0) is 17.8. The first kappa shape index (κ1) is 19.0. The van der Waals surface area contributed by atoms with Gasteiger partial charge in [0, 0.05) is 39.1 Å². The van der Waals surface area contributed by atoms with Gasteiger partial charge in [-0.1, -0.05) is 0 Å². The molecule has 2 saturated heterocycles. The van der Waals surface area contributed by atoms with Crippen molar-refractivity contribution < 1.29 is 13.2 Å². The van der Waals surface area contributed by atoms with Crippen molar-refractivity contribution in [3.05, 3.63) is 0 Å². The summed E-state index contributed by atoms with van der Waals surface area (Å²) in [6.45, 7) is 9.23. The van der Waals surface area contributed by atoms with Crippen molar-refractivity contribution in [1.82, 2.24) is 15.1 Å². The van der Waals surface area contributed by atoms with Crippen molar-refractivity contribution in [1.29, 1.82) is 0 Å². The number of nitrogens with zero attached hydrogens (tertiary/aromatic N) is 3. The number of aliphatic imine (C=N–C) groups is 1. The summed E-state index contributed by atoms with van der Waals surface area (Å²) in [4.78, 5) is 20.5. The second kappa shape index (κ2) is 7.72. The summed E-state index contributed by atoms with van der Waals surface area (Å²) in [5.41, 5.74) is 0. The van der Waals surface area contributed by atoms with Gasteiger partial charge in [0.25, 0.3) is 0 Å². The first-order valence-electron chi connectivity index (χ1n) is 8.80. The number of guanidine groups is 1. The minimum absolute atomic E-state index is 0.136. The van der Waals surface area contributed by atoms with E-state index in [0.717, 1.165) is 25.9 Å². The highest BCUT2D eigenvalue weighted by molar-refractivity contribution is 7.92. The number of carbonyl (C=O) groups excluding carboxylic acids is 1. The largest absolute Gasteiger partial charge is 0.357 e. The Morgan fingerprint density at radius 3 is 2.42 bits per heavy atom. The van der Waals surface area contributed by atoms with E-state index in [1.807, 2.05) is 16.7 Å². The molecule has 0 radical (unpaired) electrons. The Kier molecular flexibility index (Phi) is 6.11. The molecule has 0 aromatic rings. The van der Waals surface area contributed by atoms with Gasteiger partial charge in [0.2, 0.25) is 5.91 Å². The van der Waals surface area contributed by atoms with Crippen LogP contribution in [0, 0.1) is 0 Å². The van der Waals surface area contributed by atoms with E-state index in [1.165, 1.54) is 0 Å². The van der Waals surface area contributed by atoms with Gasteiger partial charge in [0.15, 0.2) is 15.8 Å². The Balaban J connectivity index is 1.96. The molecule has 0 aromatic carbocycles. The highest BCUT2D eigenvalue weighted by atomic mass is 32.2. The van der Waals surface area contributed by atoms with Gasteiger partial charge in [0.1, 0.15) is 0 Å². The fourth-order valence-corrected chi connectivity index (χ4v) is 4.50. The molecule has 7 nitrogen and oxygen atoms in total. The van der Waals surface area contributed by atoms with Crippen LogP contribution in [-0.2, 0) is 14.6 Å². The maximum atomic E-state index is 12.1. The average Bonchev–Trinajstić information content (AvgIpc) is 3.03. The third-order valence-electron chi connectivity index (χ3n) is 4.72. The van der Waals surface area contributed by atoms with E-state index >= 15 is 0 Å². The predicted molar refractivity (Wildman–Crippen MR) is 95.8 cm³/mol. The number of likely N-dealkylation sites (tertiary alicyclic amines) is 1. The van der Waals surface area contributed by atoms with Crippen molar-refractivity contribution in [3.63, 3.8) is 0 Å². The molecule has 0 saturated carbocycles. The van der Waals surface area contributed by atoms with Gasteiger partial charge in [0.05, 0.1) is 17.0 Å². The Morgan fingerprint density at radius 1 is 1.17 bits per heavy atom. The molecule has 0 spiro atoms. The van der Waals surface area contributed by atoms with E-state index in [2.05, 4.69) is 10.3 Å². The summed E-state index contributed by atoms with van der Waals surface area (Å²) >= 11 is 0. The van der Waals surface area contributed by atoms with Crippen LogP contribution < -0.4 is 5.32 Å². The smallest absolute Gasteiger partial charge is 0.224 e. The monoisotopic (exact) mass is 358 g/mol. The Hall–Kier alpha value is -1.31. The van der Waals surface area contributed by atoms with Gasteiger partial charge in [-0.05, 0) is 33.6 Å². The van der Waals surface area contributed by atoms with E-state index in [4.69, 9.17) is 0 Å². The van der Waals surface area contributed by atoms with Crippen LogP contribution in [0.3, 0.4) is 0 Å². The van der Waals surface area contributed by atoms with Gasteiger partial charge in [-0.25, -0.2) is 8.42 Å². The minimum Gasteiger partial charge on any atom is -0.357 e. The first-order chi connectivity index (χ1) is 11.3. The fourth-order valence-electron chi connectivity index (χ4n) is 3.13. The predicted octanol–water partition coefficient (Wildman–Crippen LogP) is 0.473. The molecule has 2 fully saturated rings. The second-order valence-electron chi connectivity index (χ2n) is 7.07. The Labute approximate surface area is 145 Å². The molecule has 2 rings (SSSR count). The molecule has 1 amide bonds. The van der Waals surface area contributed by atoms with E-state index < -0.39 is 14.6 Å². The summed E-state index contributed by atoms with van der Waals surface area (Å²) in [5.74, 6) is 1.00. The van der Waals surface area contributed by atoms with Crippen LogP contribution in [-0.4, -0.2) is 79.9 Å².